The summed E-state index contributed by atoms with van der Waals surface area (Å²) in [4.78, 5) is 22.6. The number of likely N-dealkylation sites (tertiary alicyclic amines) is 1. The van der Waals surface area contributed by atoms with Gasteiger partial charge in [0.15, 0.2) is 5.96 Å². The molecule has 1 amide bonds. The summed E-state index contributed by atoms with van der Waals surface area (Å²) in [5.74, 6) is 0.544. The Labute approximate surface area is 203 Å². The van der Waals surface area contributed by atoms with E-state index >= 15 is 0 Å². The molecular formula is C21H31F3IN5O2. The maximum absolute atomic E-state index is 13.0. The van der Waals surface area contributed by atoms with Crippen LogP contribution in [0.5, 0.6) is 5.88 Å². The Morgan fingerprint density at radius 3 is 2.75 bits per heavy atom. The van der Waals surface area contributed by atoms with Gasteiger partial charge in [-0.3, -0.25) is 4.79 Å². The van der Waals surface area contributed by atoms with Gasteiger partial charge in [0, 0.05) is 37.8 Å². The first-order chi connectivity index (χ1) is 14.9. The quantitative estimate of drug-likeness (QED) is 0.228. The predicted molar refractivity (Wildman–Crippen MR) is 126 cm³/mol. The topological polar surface area (TPSA) is 78.9 Å². The fourth-order valence-electron chi connectivity index (χ4n) is 4.04. The number of hydrogen-bond acceptors (Lipinski definition) is 4. The van der Waals surface area contributed by atoms with Crippen molar-refractivity contribution in [1.82, 2.24) is 20.5 Å². The normalized spacial score (nSPS) is 19.6. The molecule has 2 fully saturated rings. The third-order valence-electron chi connectivity index (χ3n) is 5.57. The number of aromatic nitrogens is 1. The highest BCUT2D eigenvalue weighted by atomic mass is 127. The van der Waals surface area contributed by atoms with Crippen molar-refractivity contribution in [2.24, 2.45) is 10.9 Å². The molecule has 1 saturated carbocycles. The summed E-state index contributed by atoms with van der Waals surface area (Å²) in [6.45, 7) is 4.08. The van der Waals surface area contributed by atoms with Crippen LogP contribution in [0.1, 0.15) is 44.6 Å². The van der Waals surface area contributed by atoms with Crippen molar-refractivity contribution in [3.63, 3.8) is 0 Å². The molecule has 1 aliphatic carbocycles. The zero-order chi connectivity index (χ0) is 22.3. The first-order valence-electron chi connectivity index (χ1n) is 10.9. The van der Waals surface area contributed by atoms with Crippen molar-refractivity contribution >= 4 is 35.8 Å². The lowest BCUT2D eigenvalue weighted by Gasteiger charge is -2.21. The second-order valence-corrected chi connectivity index (χ2v) is 7.86. The minimum atomic E-state index is -4.52. The van der Waals surface area contributed by atoms with Crippen LogP contribution in [-0.2, 0) is 11.0 Å². The van der Waals surface area contributed by atoms with Crippen molar-refractivity contribution in [2.45, 2.75) is 51.2 Å². The van der Waals surface area contributed by atoms with Crippen molar-refractivity contribution in [2.75, 3.05) is 32.8 Å². The van der Waals surface area contributed by atoms with Gasteiger partial charge in [-0.15, -0.1) is 24.0 Å². The summed E-state index contributed by atoms with van der Waals surface area (Å²) in [7, 11) is 0. The van der Waals surface area contributed by atoms with Gasteiger partial charge in [0.05, 0.1) is 6.54 Å². The standard InChI is InChI=1S/C21H30F3N5O2.HI/c1-2-25-20(27-11-13-31-18-17(21(22,23)24)8-5-10-26-18)28-16-9-12-29(14-16)19(30)15-6-3-4-7-15;/h5,8,10,15-16H,2-4,6-7,9,11-14H2,1H3,(H2,25,27,28);1H. The van der Waals surface area contributed by atoms with Gasteiger partial charge in [0.2, 0.25) is 11.8 Å². The Balaban J connectivity index is 0.00000363. The Hall–Kier alpha value is -1.79. The minimum absolute atomic E-state index is 0. The van der Waals surface area contributed by atoms with Crippen LogP contribution in [0.25, 0.3) is 0 Å². The van der Waals surface area contributed by atoms with E-state index in [0.29, 0.717) is 19.0 Å². The van der Waals surface area contributed by atoms with E-state index in [1.165, 1.54) is 12.3 Å². The van der Waals surface area contributed by atoms with Crippen molar-refractivity contribution < 1.29 is 22.7 Å². The van der Waals surface area contributed by atoms with Crippen LogP contribution in [0.15, 0.2) is 23.3 Å². The number of guanidine groups is 1. The number of nitrogens with zero attached hydrogens (tertiary/aromatic N) is 3. The van der Waals surface area contributed by atoms with Crippen LogP contribution in [-0.4, -0.2) is 60.6 Å². The minimum Gasteiger partial charge on any atom is -0.475 e. The number of alkyl halides is 3. The van der Waals surface area contributed by atoms with E-state index in [9.17, 15) is 18.0 Å². The van der Waals surface area contributed by atoms with E-state index < -0.39 is 17.6 Å². The average molecular weight is 569 g/mol. The molecule has 1 saturated heterocycles. The van der Waals surface area contributed by atoms with Crippen LogP contribution in [0.2, 0.25) is 0 Å². The van der Waals surface area contributed by atoms with Crippen LogP contribution in [0.3, 0.4) is 0 Å². The highest BCUT2D eigenvalue weighted by Gasteiger charge is 2.35. The first-order valence-corrected chi connectivity index (χ1v) is 10.9. The Morgan fingerprint density at radius 1 is 1.31 bits per heavy atom. The second kappa shape index (κ2) is 12.4. The largest absolute Gasteiger partial charge is 0.475 e. The number of aliphatic imine (C=N–C) groups is 1. The molecule has 1 atom stereocenters. The van der Waals surface area contributed by atoms with Crippen LogP contribution in [0.4, 0.5) is 13.2 Å². The highest BCUT2D eigenvalue weighted by Crippen LogP contribution is 2.34. The number of hydrogen-bond donors (Lipinski definition) is 2. The molecule has 32 heavy (non-hydrogen) atoms. The molecule has 0 spiro atoms. The van der Waals surface area contributed by atoms with E-state index in [1.807, 2.05) is 11.8 Å². The third kappa shape index (κ3) is 7.38. The first kappa shape index (κ1) is 26.5. The molecule has 1 aromatic heterocycles. The lowest BCUT2D eigenvalue weighted by molar-refractivity contribution is -0.139. The Bertz CT molecular complexity index is 772. The Kier molecular flexibility index (Phi) is 10.3. The number of pyridine rings is 1. The zero-order valence-electron chi connectivity index (χ0n) is 18.2. The van der Waals surface area contributed by atoms with Crippen molar-refractivity contribution in [3.05, 3.63) is 23.9 Å². The van der Waals surface area contributed by atoms with Crippen LogP contribution >= 0.6 is 24.0 Å². The van der Waals surface area contributed by atoms with Gasteiger partial charge < -0.3 is 20.3 Å². The second-order valence-electron chi connectivity index (χ2n) is 7.86. The third-order valence-corrected chi connectivity index (χ3v) is 5.57. The summed E-state index contributed by atoms with van der Waals surface area (Å²) in [5.41, 5.74) is -0.901. The maximum Gasteiger partial charge on any atom is 0.421 e. The molecule has 7 nitrogen and oxygen atoms in total. The predicted octanol–water partition coefficient (Wildman–Crippen LogP) is 3.44. The van der Waals surface area contributed by atoms with E-state index in [4.69, 9.17) is 4.74 Å². The SMILES string of the molecule is CCNC(=NCCOc1ncccc1C(F)(F)F)NC1CCN(C(=O)C2CCCC2)C1.I. The van der Waals surface area contributed by atoms with Crippen molar-refractivity contribution in [1.29, 1.82) is 0 Å². The van der Waals surface area contributed by atoms with Gasteiger partial charge in [-0.1, -0.05) is 12.8 Å². The van der Waals surface area contributed by atoms with Crippen molar-refractivity contribution in [3.8, 4) is 5.88 Å². The maximum atomic E-state index is 13.0. The fourth-order valence-corrected chi connectivity index (χ4v) is 4.04. The number of carbonyl (C=O) groups excluding carboxylic acids is 1. The molecule has 0 bridgehead atoms. The number of carbonyl (C=O) groups is 1. The van der Waals surface area contributed by atoms with Crippen LogP contribution < -0.4 is 15.4 Å². The fraction of sp³-hybridized carbons (Fsp3) is 0.667. The summed E-state index contributed by atoms with van der Waals surface area (Å²) in [6, 6.07) is 2.26. The molecular weight excluding hydrogens is 538 g/mol. The van der Waals surface area contributed by atoms with Gasteiger partial charge in [0.1, 0.15) is 12.2 Å². The monoisotopic (exact) mass is 569 g/mol. The number of halogens is 4. The van der Waals surface area contributed by atoms with Gasteiger partial charge in [-0.05, 0) is 38.3 Å². The lowest BCUT2D eigenvalue weighted by atomic mass is 10.1. The summed E-state index contributed by atoms with van der Waals surface area (Å²) < 4.78 is 44.2. The summed E-state index contributed by atoms with van der Waals surface area (Å²) in [6.07, 6.45) is 1.82. The molecule has 2 aliphatic rings. The highest BCUT2D eigenvalue weighted by molar-refractivity contribution is 14.0. The molecule has 1 unspecified atom stereocenters. The Morgan fingerprint density at radius 2 is 2.06 bits per heavy atom. The summed E-state index contributed by atoms with van der Waals surface area (Å²) in [5, 5.41) is 6.45. The molecule has 0 aromatic carbocycles. The van der Waals surface area contributed by atoms with E-state index in [1.54, 1.807) is 0 Å². The molecule has 1 aliphatic heterocycles. The molecule has 1 aromatic rings. The molecule has 2 N–H and O–H groups in total. The van der Waals surface area contributed by atoms with Gasteiger partial charge in [-0.2, -0.15) is 13.2 Å². The number of rotatable bonds is 7. The van der Waals surface area contributed by atoms with E-state index in [-0.39, 0.29) is 55.0 Å². The molecule has 2 heterocycles. The van der Waals surface area contributed by atoms with Gasteiger partial charge >= 0.3 is 6.18 Å². The average Bonchev–Trinajstić information content (AvgIpc) is 3.43. The smallest absolute Gasteiger partial charge is 0.421 e. The molecule has 11 heteroatoms. The van der Waals surface area contributed by atoms with Gasteiger partial charge in [0.25, 0.3) is 0 Å². The molecule has 3 rings (SSSR count). The summed E-state index contributed by atoms with van der Waals surface area (Å²) >= 11 is 0. The number of ether oxygens (including phenoxy) is 1. The molecule has 180 valence electrons. The number of nitrogens with one attached hydrogen (secondary N) is 2. The van der Waals surface area contributed by atoms with Gasteiger partial charge in [-0.25, -0.2) is 9.98 Å². The zero-order valence-corrected chi connectivity index (χ0v) is 20.5. The van der Waals surface area contributed by atoms with E-state index in [0.717, 1.165) is 44.7 Å². The van der Waals surface area contributed by atoms with Crippen LogP contribution in [0, 0.1) is 5.92 Å². The van der Waals surface area contributed by atoms with E-state index in [2.05, 4.69) is 20.6 Å². The molecule has 0 radical (unpaired) electrons. The lowest BCUT2D eigenvalue weighted by Crippen LogP contribution is -2.45. The number of amides is 1.